The summed E-state index contributed by atoms with van der Waals surface area (Å²) < 4.78 is 26.1. The van der Waals surface area contributed by atoms with Crippen molar-refractivity contribution in [3.05, 3.63) is 69.0 Å². The maximum atomic E-state index is 12.1. The molecule has 0 saturated heterocycles. The highest BCUT2D eigenvalue weighted by molar-refractivity contribution is 6.32. The van der Waals surface area contributed by atoms with Crippen LogP contribution in [-0.4, -0.2) is 19.9 Å². The normalized spacial score (nSPS) is 12.5. The second-order valence-electron chi connectivity index (χ2n) is 6.13. The Balaban J connectivity index is 1.48. The zero-order valence-corrected chi connectivity index (χ0v) is 16.0. The fourth-order valence-corrected chi connectivity index (χ4v) is 3.18. The molecule has 0 fully saturated rings. The SMILES string of the molecule is COc1ccc2c(COC(=O)/C=C/c3cc(Cl)c4c(c3)OCO4)cc(=O)oc2c1. The smallest absolute Gasteiger partial charge is 0.336 e. The quantitative estimate of drug-likeness (QED) is 0.355. The first-order valence-corrected chi connectivity index (χ1v) is 8.96. The van der Waals surface area contributed by atoms with Crippen LogP contribution in [0.1, 0.15) is 11.1 Å². The van der Waals surface area contributed by atoms with Gasteiger partial charge < -0.3 is 23.4 Å². The largest absolute Gasteiger partial charge is 0.497 e. The maximum absolute atomic E-state index is 12.1. The van der Waals surface area contributed by atoms with Crippen molar-refractivity contribution in [2.24, 2.45) is 0 Å². The Bertz CT molecular complexity index is 1180. The number of methoxy groups -OCH3 is 1. The van der Waals surface area contributed by atoms with Gasteiger partial charge in [-0.15, -0.1) is 0 Å². The van der Waals surface area contributed by atoms with Crippen LogP contribution in [0.4, 0.5) is 0 Å². The van der Waals surface area contributed by atoms with Crippen LogP contribution in [0.25, 0.3) is 17.0 Å². The summed E-state index contributed by atoms with van der Waals surface area (Å²) in [5, 5.41) is 1.05. The molecule has 1 aromatic heterocycles. The first kappa shape index (κ1) is 18.9. The number of halogens is 1. The van der Waals surface area contributed by atoms with Crippen LogP contribution in [0.15, 0.2) is 51.7 Å². The van der Waals surface area contributed by atoms with E-state index in [0.717, 1.165) is 0 Å². The second kappa shape index (κ2) is 7.89. The lowest BCUT2D eigenvalue weighted by atomic mass is 10.1. The molecular formula is C21H15ClO7. The minimum Gasteiger partial charge on any atom is -0.497 e. The zero-order chi connectivity index (χ0) is 20.4. The molecule has 0 radical (unpaired) electrons. The number of fused-ring (bicyclic) bond motifs is 2. The molecule has 0 N–H and O–H groups in total. The predicted octanol–water partition coefficient (Wildman–Crippen LogP) is 3.94. The summed E-state index contributed by atoms with van der Waals surface area (Å²) in [5.74, 6) is 0.982. The van der Waals surface area contributed by atoms with Crippen molar-refractivity contribution in [3.8, 4) is 17.2 Å². The zero-order valence-electron chi connectivity index (χ0n) is 15.3. The molecule has 4 rings (SSSR count). The van der Waals surface area contributed by atoms with Crippen molar-refractivity contribution in [3.63, 3.8) is 0 Å². The lowest BCUT2D eigenvalue weighted by Gasteiger charge is -2.07. The van der Waals surface area contributed by atoms with Gasteiger partial charge >= 0.3 is 11.6 Å². The lowest BCUT2D eigenvalue weighted by Crippen LogP contribution is -2.05. The fourth-order valence-electron chi connectivity index (χ4n) is 2.90. The summed E-state index contributed by atoms with van der Waals surface area (Å²) in [6, 6.07) is 9.74. The third-order valence-electron chi connectivity index (χ3n) is 4.27. The average molecular weight is 415 g/mol. The fraction of sp³-hybridized carbons (Fsp3) is 0.143. The van der Waals surface area contributed by atoms with Gasteiger partial charge in [0.05, 0.1) is 12.1 Å². The number of carbonyl (C=O) groups is 1. The average Bonchev–Trinajstić information content (AvgIpc) is 3.19. The van der Waals surface area contributed by atoms with E-state index in [1.54, 1.807) is 36.4 Å². The molecule has 3 aromatic rings. The molecule has 2 heterocycles. The van der Waals surface area contributed by atoms with Gasteiger partial charge in [-0.3, -0.25) is 0 Å². The molecule has 148 valence electrons. The van der Waals surface area contributed by atoms with Gasteiger partial charge in [-0.05, 0) is 35.9 Å². The van der Waals surface area contributed by atoms with Crippen LogP contribution >= 0.6 is 11.6 Å². The van der Waals surface area contributed by atoms with Crippen LogP contribution in [0.2, 0.25) is 5.02 Å². The lowest BCUT2D eigenvalue weighted by molar-refractivity contribution is -0.138. The summed E-state index contributed by atoms with van der Waals surface area (Å²) in [6.07, 6.45) is 2.82. The van der Waals surface area contributed by atoms with Crippen molar-refractivity contribution in [1.82, 2.24) is 0 Å². The Kier molecular flexibility index (Phi) is 5.14. The third-order valence-corrected chi connectivity index (χ3v) is 4.55. The number of hydrogen-bond acceptors (Lipinski definition) is 7. The van der Waals surface area contributed by atoms with Crippen LogP contribution < -0.4 is 19.8 Å². The number of hydrogen-bond donors (Lipinski definition) is 0. The summed E-state index contributed by atoms with van der Waals surface area (Å²) in [6.45, 7) is 0.0225. The second-order valence-corrected chi connectivity index (χ2v) is 6.54. The van der Waals surface area contributed by atoms with Gasteiger partial charge in [0.2, 0.25) is 6.79 Å². The summed E-state index contributed by atoms with van der Waals surface area (Å²) in [5.41, 5.74) is 1.01. The van der Waals surface area contributed by atoms with E-state index in [0.29, 0.717) is 44.4 Å². The number of carbonyl (C=O) groups excluding carboxylic acids is 1. The van der Waals surface area contributed by atoms with Gasteiger partial charge in [-0.25, -0.2) is 9.59 Å². The monoisotopic (exact) mass is 414 g/mol. The van der Waals surface area contributed by atoms with E-state index in [9.17, 15) is 9.59 Å². The first-order valence-electron chi connectivity index (χ1n) is 8.58. The van der Waals surface area contributed by atoms with Crippen molar-refractivity contribution >= 4 is 34.6 Å². The Labute approximate surface area is 170 Å². The van der Waals surface area contributed by atoms with Crippen LogP contribution in [-0.2, 0) is 16.1 Å². The maximum Gasteiger partial charge on any atom is 0.336 e. The highest BCUT2D eigenvalue weighted by atomic mass is 35.5. The number of benzene rings is 2. The highest BCUT2D eigenvalue weighted by Crippen LogP contribution is 2.40. The van der Waals surface area contributed by atoms with Crippen molar-refractivity contribution in [2.45, 2.75) is 6.61 Å². The molecule has 8 heteroatoms. The Morgan fingerprint density at radius 3 is 2.90 bits per heavy atom. The van der Waals surface area contributed by atoms with Crippen LogP contribution in [0, 0.1) is 0 Å². The number of esters is 1. The molecule has 0 atom stereocenters. The van der Waals surface area contributed by atoms with Gasteiger partial charge in [0.25, 0.3) is 0 Å². The molecule has 0 spiro atoms. The van der Waals surface area contributed by atoms with E-state index in [4.69, 9.17) is 35.0 Å². The van der Waals surface area contributed by atoms with Gasteiger partial charge in [0.15, 0.2) is 11.5 Å². The predicted molar refractivity (Wildman–Crippen MR) is 105 cm³/mol. The minimum absolute atomic E-state index is 0.0838. The Morgan fingerprint density at radius 1 is 1.21 bits per heavy atom. The van der Waals surface area contributed by atoms with E-state index in [1.165, 1.54) is 19.3 Å². The van der Waals surface area contributed by atoms with E-state index in [1.807, 2.05) is 0 Å². The molecule has 2 aromatic carbocycles. The van der Waals surface area contributed by atoms with Crippen LogP contribution in [0.3, 0.4) is 0 Å². The third kappa shape index (κ3) is 4.05. The van der Waals surface area contributed by atoms with Crippen molar-refractivity contribution in [1.29, 1.82) is 0 Å². The van der Waals surface area contributed by atoms with Crippen molar-refractivity contribution < 1.29 is 28.2 Å². The van der Waals surface area contributed by atoms with E-state index in [-0.39, 0.29) is 13.4 Å². The van der Waals surface area contributed by atoms with E-state index >= 15 is 0 Å². The summed E-state index contributed by atoms with van der Waals surface area (Å²) in [7, 11) is 1.52. The van der Waals surface area contributed by atoms with E-state index in [2.05, 4.69) is 0 Å². The molecule has 0 saturated carbocycles. The summed E-state index contributed by atoms with van der Waals surface area (Å²) >= 11 is 6.12. The van der Waals surface area contributed by atoms with Crippen LogP contribution in [0.5, 0.6) is 17.2 Å². The highest BCUT2D eigenvalue weighted by Gasteiger charge is 2.17. The van der Waals surface area contributed by atoms with E-state index < -0.39 is 11.6 Å². The molecule has 0 aliphatic carbocycles. The molecule has 0 bridgehead atoms. The minimum atomic E-state index is -0.575. The molecule has 0 amide bonds. The Hall–Kier alpha value is -3.45. The Morgan fingerprint density at radius 2 is 2.07 bits per heavy atom. The van der Waals surface area contributed by atoms with Crippen molar-refractivity contribution in [2.75, 3.05) is 13.9 Å². The molecule has 1 aliphatic heterocycles. The molecule has 29 heavy (non-hydrogen) atoms. The topological polar surface area (TPSA) is 84.2 Å². The molecular weight excluding hydrogens is 400 g/mol. The number of ether oxygens (including phenoxy) is 4. The van der Waals surface area contributed by atoms with Gasteiger partial charge in [-0.1, -0.05) is 11.6 Å². The summed E-state index contributed by atoms with van der Waals surface area (Å²) in [4.78, 5) is 23.9. The standard InChI is InChI=1S/C21H15ClO7/c1-25-14-3-4-15-13(8-20(24)29-17(15)9-14)10-26-19(23)5-2-12-6-16(22)21-18(7-12)27-11-28-21/h2-9H,10-11H2,1H3/b5-2+. The molecule has 1 aliphatic rings. The molecule has 7 nitrogen and oxygen atoms in total. The first-order chi connectivity index (χ1) is 14.0. The number of rotatable bonds is 5. The van der Waals surface area contributed by atoms with Gasteiger partial charge in [0, 0.05) is 29.2 Å². The van der Waals surface area contributed by atoms with Gasteiger partial charge in [0.1, 0.15) is 17.9 Å². The molecule has 0 unspecified atom stereocenters. The van der Waals surface area contributed by atoms with Gasteiger partial charge in [-0.2, -0.15) is 0 Å².